The highest BCUT2D eigenvalue weighted by molar-refractivity contribution is 9.10. The maximum Gasteiger partial charge on any atom is 0.306 e. The monoisotopic (exact) mass is 342 g/mol. The Morgan fingerprint density at radius 1 is 1.55 bits per heavy atom. The van der Waals surface area contributed by atoms with E-state index >= 15 is 0 Å². The van der Waals surface area contributed by atoms with Gasteiger partial charge in [0.1, 0.15) is 5.82 Å². The molecule has 0 fully saturated rings. The molecule has 0 radical (unpaired) electrons. The van der Waals surface area contributed by atoms with Gasteiger partial charge in [0, 0.05) is 16.6 Å². The van der Waals surface area contributed by atoms with Gasteiger partial charge in [-0.1, -0.05) is 22.9 Å². The predicted octanol–water partition coefficient (Wildman–Crippen LogP) is 2.35. The second-order valence-electron chi connectivity index (χ2n) is 4.38. The van der Waals surface area contributed by atoms with Crippen LogP contribution < -0.4 is 0 Å². The van der Waals surface area contributed by atoms with Crippen molar-refractivity contribution >= 4 is 21.9 Å². The molecule has 0 aliphatic rings. The van der Waals surface area contributed by atoms with Gasteiger partial charge in [0.25, 0.3) is 0 Å². The first kappa shape index (κ1) is 14.6. The fourth-order valence-corrected chi connectivity index (χ4v) is 2.08. The normalized spacial score (nSPS) is 12.3. The Morgan fingerprint density at radius 2 is 2.30 bits per heavy atom. The first-order valence-electron chi connectivity index (χ1n) is 5.93. The lowest BCUT2D eigenvalue weighted by Gasteiger charge is -2.08. The van der Waals surface area contributed by atoms with Crippen molar-refractivity contribution < 1.29 is 14.3 Å². The van der Waals surface area contributed by atoms with Gasteiger partial charge in [0.2, 0.25) is 0 Å². The zero-order valence-corrected chi connectivity index (χ0v) is 12.2. The molecule has 0 saturated heterocycles. The minimum Gasteiger partial charge on any atom is -0.481 e. The lowest BCUT2D eigenvalue weighted by atomic mass is 10.1. The zero-order chi connectivity index (χ0) is 14.7. The zero-order valence-electron chi connectivity index (χ0n) is 10.6. The van der Waals surface area contributed by atoms with Gasteiger partial charge in [-0.3, -0.25) is 4.79 Å². The van der Waals surface area contributed by atoms with E-state index in [4.69, 9.17) is 5.11 Å². The van der Waals surface area contributed by atoms with Gasteiger partial charge in [-0.05, 0) is 35.0 Å². The Hall–Kier alpha value is -1.83. The number of tetrazole rings is 1. The van der Waals surface area contributed by atoms with Crippen molar-refractivity contribution in [2.45, 2.75) is 19.9 Å². The SMILES string of the molecule is CC(CCn1nnnc1-c1cc(F)ccc1Br)C(=O)O. The number of aryl methyl sites for hydroxylation is 1. The third-order valence-electron chi connectivity index (χ3n) is 2.90. The molecular formula is C12H12BrFN4O2. The molecule has 1 heterocycles. The number of hydrogen-bond donors (Lipinski definition) is 1. The third-order valence-corrected chi connectivity index (χ3v) is 3.59. The van der Waals surface area contributed by atoms with Crippen LogP contribution in [0.4, 0.5) is 4.39 Å². The fourth-order valence-electron chi connectivity index (χ4n) is 1.66. The van der Waals surface area contributed by atoms with Gasteiger partial charge in [0.15, 0.2) is 5.82 Å². The molecule has 106 valence electrons. The van der Waals surface area contributed by atoms with Crippen molar-refractivity contribution in [3.63, 3.8) is 0 Å². The second kappa shape index (κ2) is 6.08. The van der Waals surface area contributed by atoms with Crippen LogP contribution in [-0.2, 0) is 11.3 Å². The van der Waals surface area contributed by atoms with Gasteiger partial charge in [-0.15, -0.1) is 5.10 Å². The van der Waals surface area contributed by atoms with E-state index in [2.05, 4.69) is 31.5 Å². The second-order valence-corrected chi connectivity index (χ2v) is 5.23. The molecule has 0 bridgehead atoms. The summed E-state index contributed by atoms with van der Waals surface area (Å²) in [5.74, 6) is -1.36. The Bertz CT molecular complexity index is 632. The van der Waals surface area contributed by atoms with Crippen molar-refractivity contribution in [3.8, 4) is 11.4 Å². The first-order chi connectivity index (χ1) is 9.49. The van der Waals surface area contributed by atoms with Crippen LogP contribution in [0.5, 0.6) is 0 Å². The molecule has 8 heteroatoms. The molecule has 1 aromatic heterocycles. The highest BCUT2D eigenvalue weighted by Crippen LogP contribution is 2.27. The fraction of sp³-hybridized carbons (Fsp3) is 0.333. The van der Waals surface area contributed by atoms with Crippen LogP contribution in [0.15, 0.2) is 22.7 Å². The minimum atomic E-state index is -0.869. The van der Waals surface area contributed by atoms with Gasteiger partial charge in [-0.25, -0.2) is 9.07 Å². The quantitative estimate of drug-likeness (QED) is 0.901. The van der Waals surface area contributed by atoms with Crippen LogP contribution in [0.2, 0.25) is 0 Å². The predicted molar refractivity (Wildman–Crippen MR) is 72.3 cm³/mol. The number of aromatic nitrogens is 4. The summed E-state index contributed by atoms with van der Waals surface area (Å²) in [5.41, 5.74) is 0.526. The van der Waals surface area contributed by atoms with Crippen LogP contribution in [0.25, 0.3) is 11.4 Å². The van der Waals surface area contributed by atoms with Crippen LogP contribution in [0, 0.1) is 11.7 Å². The van der Waals surface area contributed by atoms with E-state index in [1.807, 2.05) is 0 Å². The number of nitrogens with zero attached hydrogens (tertiary/aromatic N) is 4. The maximum atomic E-state index is 13.3. The average molecular weight is 343 g/mol. The number of carboxylic acid groups (broad SMARTS) is 1. The highest BCUT2D eigenvalue weighted by atomic mass is 79.9. The lowest BCUT2D eigenvalue weighted by molar-refractivity contribution is -0.141. The Kier molecular flexibility index (Phi) is 4.43. The number of rotatable bonds is 5. The van der Waals surface area contributed by atoms with E-state index in [1.165, 1.54) is 16.8 Å². The Morgan fingerprint density at radius 3 is 3.00 bits per heavy atom. The molecule has 1 aromatic carbocycles. The molecule has 0 aliphatic heterocycles. The van der Waals surface area contributed by atoms with E-state index in [0.29, 0.717) is 28.8 Å². The Labute approximate surface area is 122 Å². The summed E-state index contributed by atoms with van der Waals surface area (Å²) in [6, 6.07) is 4.23. The summed E-state index contributed by atoms with van der Waals surface area (Å²) in [5, 5.41) is 20.1. The van der Waals surface area contributed by atoms with Crippen molar-refractivity contribution in [3.05, 3.63) is 28.5 Å². The van der Waals surface area contributed by atoms with E-state index in [9.17, 15) is 9.18 Å². The molecule has 2 rings (SSSR count). The maximum absolute atomic E-state index is 13.3. The smallest absolute Gasteiger partial charge is 0.306 e. The van der Waals surface area contributed by atoms with E-state index in [0.717, 1.165) is 0 Å². The van der Waals surface area contributed by atoms with E-state index in [-0.39, 0.29) is 0 Å². The highest BCUT2D eigenvalue weighted by Gasteiger charge is 2.16. The number of halogens is 2. The molecule has 0 spiro atoms. The molecule has 1 N–H and O–H groups in total. The number of carboxylic acids is 1. The van der Waals surface area contributed by atoms with Crippen LogP contribution >= 0.6 is 15.9 Å². The van der Waals surface area contributed by atoms with Gasteiger partial charge in [-0.2, -0.15) is 0 Å². The van der Waals surface area contributed by atoms with Crippen LogP contribution in [0.3, 0.4) is 0 Å². The number of benzene rings is 1. The summed E-state index contributed by atoms with van der Waals surface area (Å²) >= 11 is 3.32. The molecule has 0 amide bonds. The minimum absolute atomic E-state index is 0.346. The summed E-state index contributed by atoms with van der Waals surface area (Å²) < 4.78 is 15.5. The van der Waals surface area contributed by atoms with Crippen LogP contribution in [-0.4, -0.2) is 31.3 Å². The van der Waals surface area contributed by atoms with Crippen molar-refractivity contribution in [2.24, 2.45) is 5.92 Å². The summed E-state index contributed by atoms with van der Waals surface area (Å²) in [6.45, 7) is 1.96. The molecule has 1 atom stereocenters. The molecule has 0 aliphatic carbocycles. The molecule has 6 nitrogen and oxygen atoms in total. The topological polar surface area (TPSA) is 80.9 Å². The number of carbonyl (C=O) groups is 1. The van der Waals surface area contributed by atoms with Crippen molar-refractivity contribution in [1.82, 2.24) is 20.2 Å². The van der Waals surface area contributed by atoms with Gasteiger partial charge >= 0.3 is 5.97 Å². The van der Waals surface area contributed by atoms with Crippen molar-refractivity contribution in [1.29, 1.82) is 0 Å². The largest absolute Gasteiger partial charge is 0.481 e. The van der Waals surface area contributed by atoms with E-state index < -0.39 is 17.7 Å². The molecular weight excluding hydrogens is 331 g/mol. The average Bonchev–Trinajstić information content (AvgIpc) is 2.86. The van der Waals surface area contributed by atoms with Gasteiger partial charge in [0.05, 0.1) is 5.92 Å². The van der Waals surface area contributed by atoms with E-state index in [1.54, 1.807) is 13.0 Å². The number of hydrogen-bond acceptors (Lipinski definition) is 4. The molecule has 1 unspecified atom stereocenters. The first-order valence-corrected chi connectivity index (χ1v) is 6.72. The third kappa shape index (κ3) is 3.19. The van der Waals surface area contributed by atoms with Crippen molar-refractivity contribution in [2.75, 3.05) is 0 Å². The van der Waals surface area contributed by atoms with Crippen LogP contribution in [0.1, 0.15) is 13.3 Å². The summed E-state index contributed by atoms with van der Waals surface area (Å²) in [4.78, 5) is 10.8. The standard InChI is InChI=1S/C12H12BrFN4O2/c1-7(12(19)20)4-5-18-11(15-16-17-18)9-6-8(14)2-3-10(9)13/h2-3,6-7H,4-5H2,1H3,(H,19,20). The molecule has 2 aromatic rings. The summed E-state index contributed by atoms with van der Waals surface area (Å²) in [7, 11) is 0. The van der Waals surface area contributed by atoms with Gasteiger partial charge < -0.3 is 5.11 Å². The number of aliphatic carboxylic acids is 1. The molecule has 20 heavy (non-hydrogen) atoms. The Balaban J connectivity index is 2.24. The summed E-state index contributed by atoms with van der Waals surface area (Å²) in [6.07, 6.45) is 0.389. The molecule has 0 saturated carbocycles. The lowest BCUT2D eigenvalue weighted by Crippen LogP contribution is -2.14.